The second-order valence-electron chi connectivity index (χ2n) is 3.92. The van der Waals surface area contributed by atoms with E-state index < -0.39 is 0 Å². The summed E-state index contributed by atoms with van der Waals surface area (Å²) >= 11 is 0. The topological polar surface area (TPSA) is 15.3 Å². The minimum atomic E-state index is -0.104. The third-order valence-electron chi connectivity index (χ3n) is 2.99. The molecule has 0 radical (unpaired) electrons. The Labute approximate surface area is 90.1 Å². The Hall–Kier alpha value is -0.930. The number of likely N-dealkylation sites (N-methyl/N-ethyl adjacent to an activating group) is 1. The molecule has 0 aromatic heterocycles. The SMILES string of the molecule is CCN1CCN[C@H](c2ccccc2F)C1. The first-order chi connectivity index (χ1) is 7.31. The molecule has 1 aliphatic rings. The Balaban J connectivity index is 2.13. The van der Waals surface area contributed by atoms with Crippen molar-refractivity contribution in [1.82, 2.24) is 10.2 Å². The number of piperazine rings is 1. The molecule has 0 unspecified atom stereocenters. The molecule has 1 fully saturated rings. The Morgan fingerprint density at radius 2 is 2.27 bits per heavy atom. The molecule has 0 spiro atoms. The summed E-state index contributed by atoms with van der Waals surface area (Å²) in [5.74, 6) is -0.104. The highest BCUT2D eigenvalue weighted by Crippen LogP contribution is 2.19. The fraction of sp³-hybridized carbons (Fsp3) is 0.500. The van der Waals surface area contributed by atoms with E-state index in [4.69, 9.17) is 0 Å². The number of hydrogen-bond donors (Lipinski definition) is 1. The van der Waals surface area contributed by atoms with Crippen molar-refractivity contribution in [1.29, 1.82) is 0 Å². The van der Waals surface area contributed by atoms with E-state index in [9.17, 15) is 4.39 Å². The third kappa shape index (κ3) is 2.36. The van der Waals surface area contributed by atoms with Crippen LogP contribution in [0.4, 0.5) is 4.39 Å². The highest BCUT2D eigenvalue weighted by molar-refractivity contribution is 5.22. The highest BCUT2D eigenvalue weighted by Gasteiger charge is 2.21. The van der Waals surface area contributed by atoms with E-state index in [0.29, 0.717) is 0 Å². The van der Waals surface area contributed by atoms with Gasteiger partial charge < -0.3 is 10.2 Å². The highest BCUT2D eigenvalue weighted by atomic mass is 19.1. The lowest BCUT2D eigenvalue weighted by molar-refractivity contribution is 0.208. The van der Waals surface area contributed by atoms with E-state index in [-0.39, 0.29) is 11.9 Å². The predicted octanol–water partition coefficient (Wildman–Crippen LogP) is 1.79. The number of nitrogens with one attached hydrogen (secondary N) is 1. The predicted molar refractivity (Wildman–Crippen MR) is 59.3 cm³/mol. The van der Waals surface area contributed by atoms with E-state index in [1.165, 1.54) is 6.07 Å². The lowest BCUT2D eigenvalue weighted by atomic mass is 10.0. The fourth-order valence-electron chi connectivity index (χ4n) is 2.06. The van der Waals surface area contributed by atoms with Crippen molar-refractivity contribution in [2.45, 2.75) is 13.0 Å². The average Bonchev–Trinajstić information content (AvgIpc) is 2.30. The number of rotatable bonds is 2. The Morgan fingerprint density at radius 1 is 1.47 bits per heavy atom. The fourth-order valence-corrected chi connectivity index (χ4v) is 2.06. The third-order valence-corrected chi connectivity index (χ3v) is 2.99. The van der Waals surface area contributed by atoms with Crippen LogP contribution in [0.1, 0.15) is 18.5 Å². The average molecular weight is 208 g/mol. The van der Waals surface area contributed by atoms with Crippen molar-refractivity contribution >= 4 is 0 Å². The van der Waals surface area contributed by atoms with Crippen molar-refractivity contribution in [2.24, 2.45) is 0 Å². The van der Waals surface area contributed by atoms with Crippen LogP contribution >= 0.6 is 0 Å². The maximum absolute atomic E-state index is 13.5. The number of benzene rings is 1. The van der Waals surface area contributed by atoms with Crippen LogP contribution in [0.25, 0.3) is 0 Å². The summed E-state index contributed by atoms with van der Waals surface area (Å²) in [6.07, 6.45) is 0. The van der Waals surface area contributed by atoms with Gasteiger partial charge in [0.15, 0.2) is 0 Å². The summed E-state index contributed by atoms with van der Waals surface area (Å²) in [4.78, 5) is 2.34. The zero-order valence-corrected chi connectivity index (χ0v) is 9.04. The van der Waals surface area contributed by atoms with E-state index in [1.54, 1.807) is 6.07 Å². The first-order valence-corrected chi connectivity index (χ1v) is 5.51. The molecule has 0 aliphatic carbocycles. The molecular formula is C12H17FN2. The maximum Gasteiger partial charge on any atom is 0.128 e. The van der Waals surface area contributed by atoms with Crippen LogP contribution in [0.3, 0.4) is 0 Å². The molecule has 0 bridgehead atoms. The van der Waals surface area contributed by atoms with Gasteiger partial charge in [-0.1, -0.05) is 25.1 Å². The van der Waals surface area contributed by atoms with Gasteiger partial charge in [0.2, 0.25) is 0 Å². The molecule has 0 amide bonds. The molecule has 2 nitrogen and oxygen atoms in total. The molecule has 82 valence electrons. The Kier molecular flexibility index (Phi) is 3.34. The smallest absolute Gasteiger partial charge is 0.128 e. The Morgan fingerprint density at radius 3 is 3.00 bits per heavy atom. The minimum Gasteiger partial charge on any atom is -0.307 e. The molecule has 1 aliphatic heterocycles. The van der Waals surface area contributed by atoms with Crippen LogP contribution in [0.5, 0.6) is 0 Å². The maximum atomic E-state index is 13.5. The van der Waals surface area contributed by atoms with Crippen molar-refractivity contribution in [3.05, 3.63) is 35.6 Å². The molecule has 0 saturated carbocycles. The van der Waals surface area contributed by atoms with Gasteiger partial charge in [-0.15, -0.1) is 0 Å². The molecular weight excluding hydrogens is 191 g/mol. The van der Waals surface area contributed by atoms with Crippen LogP contribution in [-0.4, -0.2) is 31.1 Å². The summed E-state index contributed by atoms with van der Waals surface area (Å²) < 4.78 is 13.5. The van der Waals surface area contributed by atoms with Crippen molar-refractivity contribution in [2.75, 3.05) is 26.2 Å². The zero-order valence-electron chi connectivity index (χ0n) is 9.04. The van der Waals surface area contributed by atoms with Gasteiger partial charge >= 0.3 is 0 Å². The minimum absolute atomic E-state index is 0.104. The summed E-state index contributed by atoms with van der Waals surface area (Å²) in [6, 6.07) is 7.16. The van der Waals surface area contributed by atoms with E-state index in [0.717, 1.165) is 31.7 Å². The first kappa shape index (κ1) is 10.6. The van der Waals surface area contributed by atoms with E-state index in [2.05, 4.69) is 17.1 Å². The summed E-state index contributed by atoms with van der Waals surface area (Å²) in [5.41, 5.74) is 0.788. The summed E-state index contributed by atoms with van der Waals surface area (Å²) in [6.45, 7) is 6.07. The van der Waals surface area contributed by atoms with Gasteiger partial charge in [-0.3, -0.25) is 0 Å². The molecule has 1 heterocycles. The van der Waals surface area contributed by atoms with Crippen LogP contribution in [0.2, 0.25) is 0 Å². The number of nitrogens with zero attached hydrogens (tertiary/aromatic N) is 1. The van der Waals surface area contributed by atoms with Crippen LogP contribution in [-0.2, 0) is 0 Å². The van der Waals surface area contributed by atoms with Gasteiger partial charge in [0.05, 0.1) is 0 Å². The second-order valence-corrected chi connectivity index (χ2v) is 3.92. The van der Waals surface area contributed by atoms with Crippen molar-refractivity contribution < 1.29 is 4.39 Å². The summed E-state index contributed by atoms with van der Waals surface area (Å²) in [7, 11) is 0. The molecule has 1 saturated heterocycles. The molecule has 3 heteroatoms. The Bertz CT molecular complexity index is 327. The lowest BCUT2D eigenvalue weighted by Gasteiger charge is -2.33. The number of hydrogen-bond acceptors (Lipinski definition) is 2. The van der Waals surface area contributed by atoms with Gasteiger partial charge in [-0.25, -0.2) is 4.39 Å². The molecule has 15 heavy (non-hydrogen) atoms. The van der Waals surface area contributed by atoms with Crippen LogP contribution in [0.15, 0.2) is 24.3 Å². The lowest BCUT2D eigenvalue weighted by Crippen LogP contribution is -2.45. The second kappa shape index (κ2) is 4.73. The molecule has 1 N–H and O–H groups in total. The molecule has 1 aromatic carbocycles. The monoisotopic (exact) mass is 208 g/mol. The van der Waals surface area contributed by atoms with E-state index >= 15 is 0 Å². The normalized spacial score (nSPS) is 22.9. The molecule has 1 aromatic rings. The van der Waals surface area contributed by atoms with Gasteiger partial charge in [0.1, 0.15) is 5.82 Å². The van der Waals surface area contributed by atoms with Gasteiger partial charge in [0, 0.05) is 31.2 Å². The van der Waals surface area contributed by atoms with Crippen molar-refractivity contribution in [3.8, 4) is 0 Å². The van der Waals surface area contributed by atoms with Gasteiger partial charge in [-0.2, -0.15) is 0 Å². The standard InChI is InChI=1S/C12H17FN2/c1-2-15-8-7-14-12(9-15)10-5-3-4-6-11(10)13/h3-6,12,14H,2,7-9H2,1H3/t12-/m0/s1. The quantitative estimate of drug-likeness (QED) is 0.797. The number of halogens is 1. The van der Waals surface area contributed by atoms with E-state index in [1.807, 2.05) is 12.1 Å². The van der Waals surface area contributed by atoms with Crippen molar-refractivity contribution in [3.63, 3.8) is 0 Å². The zero-order chi connectivity index (χ0) is 10.7. The van der Waals surface area contributed by atoms with Gasteiger partial charge in [-0.05, 0) is 12.6 Å². The summed E-state index contributed by atoms with van der Waals surface area (Å²) in [5, 5.41) is 3.36. The first-order valence-electron chi connectivity index (χ1n) is 5.51. The van der Waals surface area contributed by atoms with Crippen LogP contribution < -0.4 is 5.32 Å². The largest absolute Gasteiger partial charge is 0.307 e. The molecule has 1 atom stereocenters. The van der Waals surface area contributed by atoms with Crippen LogP contribution in [0, 0.1) is 5.82 Å². The molecule has 2 rings (SSSR count). The van der Waals surface area contributed by atoms with Gasteiger partial charge in [0.25, 0.3) is 0 Å².